The van der Waals surface area contributed by atoms with Crippen molar-refractivity contribution in [1.82, 2.24) is 0 Å². The Morgan fingerprint density at radius 1 is 0.950 bits per heavy atom. The van der Waals surface area contributed by atoms with Crippen molar-refractivity contribution >= 4 is 47.5 Å². The van der Waals surface area contributed by atoms with Crippen molar-refractivity contribution < 1.29 is 19.8 Å². The minimum Gasteiger partial charge on any atom is -0.478 e. The van der Waals surface area contributed by atoms with Gasteiger partial charge in [0.05, 0.1) is 11.1 Å². The van der Waals surface area contributed by atoms with Crippen molar-refractivity contribution in [3.8, 4) is 12.3 Å². The summed E-state index contributed by atoms with van der Waals surface area (Å²) in [4.78, 5) is 21.8. The van der Waals surface area contributed by atoms with E-state index in [1.165, 1.54) is 24.3 Å². The van der Waals surface area contributed by atoms with Gasteiger partial charge in [-0.3, -0.25) is 0 Å². The lowest BCUT2D eigenvalue weighted by Crippen LogP contribution is -1.99. The van der Waals surface area contributed by atoms with Gasteiger partial charge in [-0.1, -0.05) is 12.0 Å². The second-order valence-electron chi connectivity index (χ2n) is 3.71. The molecule has 0 saturated heterocycles. The van der Waals surface area contributed by atoms with Crippen LogP contribution in [0.1, 0.15) is 26.3 Å². The normalized spacial score (nSPS) is 8.95. The van der Waals surface area contributed by atoms with Crippen molar-refractivity contribution in [3.05, 3.63) is 47.0 Å². The predicted octanol–water partition coefficient (Wildman–Crippen LogP) is 3.06. The first-order valence-corrected chi connectivity index (χ1v) is 5.04. The Hall–Kier alpha value is -2.22. The molecule has 0 amide bonds. The van der Waals surface area contributed by atoms with E-state index in [2.05, 4.69) is 5.92 Å². The van der Waals surface area contributed by atoms with Gasteiger partial charge in [-0.2, -0.15) is 0 Å². The highest BCUT2D eigenvalue weighted by Crippen LogP contribution is 2.22. The zero-order chi connectivity index (χ0) is 13.3. The van der Waals surface area contributed by atoms with Gasteiger partial charge in [0.2, 0.25) is 0 Å². The maximum absolute atomic E-state index is 10.9. The highest BCUT2D eigenvalue weighted by Gasteiger charge is 2.10. The highest BCUT2D eigenvalue weighted by molar-refractivity contribution is 6.00. The van der Waals surface area contributed by atoms with Crippen molar-refractivity contribution in [2.45, 2.75) is 0 Å². The first-order chi connectivity index (χ1) is 8.52. The second-order valence-corrected chi connectivity index (χ2v) is 3.71. The molecule has 6 heteroatoms. The smallest absolute Gasteiger partial charge is 0.335 e. The number of aromatic carboxylic acids is 2. The fourth-order valence-electron chi connectivity index (χ4n) is 1.73. The third-order valence-electron chi connectivity index (χ3n) is 2.60. The minimum atomic E-state index is -1.07. The largest absolute Gasteiger partial charge is 0.478 e. The van der Waals surface area contributed by atoms with E-state index in [1.807, 2.05) is 0 Å². The number of carboxylic acids is 2. The Labute approximate surface area is 127 Å². The van der Waals surface area contributed by atoms with Crippen molar-refractivity contribution in [1.29, 1.82) is 0 Å². The number of carbonyl (C=O) groups is 2. The lowest BCUT2D eigenvalue weighted by molar-refractivity contribution is 0.0686. The summed E-state index contributed by atoms with van der Waals surface area (Å²) in [7, 11) is 0. The number of rotatable bonds is 2. The zero-order valence-corrected chi connectivity index (χ0v) is 11.6. The van der Waals surface area contributed by atoms with E-state index in [-0.39, 0.29) is 35.9 Å². The van der Waals surface area contributed by atoms with Crippen LogP contribution in [0.5, 0.6) is 0 Å². The monoisotopic (exact) mass is 312 g/mol. The summed E-state index contributed by atoms with van der Waals surface area (Å²) in [5.74, 6) is 0.248. The number of carboxylic acid groups (broad SMARTS) is 2. The Balaban J connectivity index is 0.00000180. The molecule has 104 valence electrons. The van der Waals surface area contributed by atoms with E-state index < -0.39 is 11.9 Å². The molecular weight excluding hydrogens is 303 g/mol. The maximum Gasteiger partial charge on any atom is 0.335 e. The first kappa shape index (κ1) is 17.8. The number of hydrogen-bond donors (Lipinski definition) is 2. The topological polar surface area (TPSA) is 74.6 Å². The van der Waals surface area contributed by atoms with Crippen molar-refractivity contribution in [2.24, 2.45) is 0 Å². The molecular formula is C14H10Cl2O4. The van der Waals surface area contributed by atoms with Gasteiger partial charge < -0.3 is 10.2 Å². The zero-order valence-electron chi connectivity index (χ0n) is 9.99. The maximum atomic E-state index is 10.9. The third-order valence-corrected chi connectivity index (χ3v) is 2.60. The van der Waals surface area contributed by atoms with E-state index in [4.69, 9.17) is 16.6 Å². The Morgan fingerprint density at radius 2 is 1.55 bits per heavy atom. The lowest BCUT2D eigenvalue weighted by atomic mass is 9.99. The summed E-state index contributed by atoms with van der Waals surface area (Å²) in [6.45, 7) is 0. The van der Waals surface area contributed by atoms with Crippen molar-refractivity contribution in [2.75, 3.05) is 0 Å². The fraction of sp³-hybridized carbons (Fsp3) is 0. The summed E-state index contributed by atoms with van der Waals surface area (Å²) >= 11 is 0. The molecule has 0 bridgehead atoms. The van der Waals surface area contributed by atoms with Gasteiger partial charge in [-0.25, -0.2) is 9.59 Å². The molecule has 4 nitrogen and oxygen atoms in total. The van der Waals surface area contributed by atoms with Crippen LogP contribution in [0, 0.1) is 12.3 Å². The molecule has 2 aromatic carbocycles. The molecule has 0 spiro atoms. The average molecular weight is 313 g/mol. The molecule has 0 radical (unpaired) electrons. The van der Waals surface area contributed by atoms with E-state index >= 15 is 0 Å². The van der Waals surface area contributed by atoms with Crippen LogP contribution in [-0.2, 0) is 0 Å². The van der Waals surface area contributed by atoms with Gasteiger partial charge in [0.15, 0.2) is 0 Å². The molecule has 0 aliphatic carbocycles. The molecule has 0 atom stereocenters. The Kier molecular flexibility index (Phi) is 6.05. The first-order valence-electron chi connectivity index (χ1n) is 5.04. The van der Waals surface area contributed by atoms with Gasteiger partial charge in [-0.05, 0) is 35.0 Å². The molecule has 2 N–H and O–H groups in total. The predicted molar refractivity (Wildman–Crippen MR) is 80.3 cm³/mol. The van der Waals surface area contributed by atoms with E-state index in [9.17, 15) is 9.59 Å². The van der Waals surface area contributed by atoms with Crippen LogP contribution in [0.2, 0.25) is 0 Å². The second kappa shape index (κ2) is 6.80. The lowest BCUT2D eigenvalue weighted by Gasteiger charge is -2.05. The van der Waals surface area contributed by atoms with Crippen LogP contribution in [0.15, 0.2) is 30.3 Å². The quantitative estimate of drug-likeness (QED) is 0.836. The van der Waals surface area contributed by atoms with Crippen molar-refractivity contribution in [3.63, 3.8) is 0 Å². The van der Waals surface area contributed by atoms with E-state index in [0.29, 0.717) is 16.3 Å². The van der Waals surface area contributed by atoms with Gasteiger partial charge in [0.25, 0.3) is 0 Å². The van der Waals surface area contributed by atoms with Crippen LogP contribution in [0.4, 0.5) is 0 Å². The number of terminal acetylenes is 1. The van der Waals surface area contributed by atoms with Crippen LogP contribution in [-0.4, -0.2) is 22.2 Å². The standard InChI is InChI=1S/C14H8O4.2ClH/c1-2-8-5-11(14(17)18)6-9-3-4-10(13(15)16)7-12(8)9;;/h1,3-7H,(H,15,16)(H,17,18);2*1H. The number of hydrogen-bond acceptors (Lipinski definition) is 2. The molecule has 2 rings (SSSR count). The summed E-state index contributed by atoms with van der Waals surface area (Å²) in [5.41, 5.74) is 0.564. The van der Waals surface area contributed by atoms with Crippen LogP contribution in [0.25, 0.3) is 10.8 Å². The number of fused-ring (bicyclic) bond motifs is 1. The summed E-state index contributed by atoms with van der Waals surface area (Å²) in [5, 5.41) is 19.0. The van der Waals surface area contributed by atoms with E-state index in [0.717, 1.165) is 0 Å². The van der Waals surface area contributed by atoms with E-state index in [1.54, 1.807) is 6.07 Å². The molecule has 20 heavy (non-hydrogen) atoms. The Bertz CT molecular complexity index is 717. The SMILES string of the molecule is C#Cc1cc(C(=O)O)cc2ccc(C(=O)O)cc12.Cl.Cl. The fourth-order valence-corrected chi connectivity index (χ4v) is 1.73. The Morgan fingerprint density at radius 3 is 2.05 bits per heavy atom. The van der Waals surface area contributed by atoms with Crippen LogP contribution < -0.4 is 0 Å². The summed E-state index contributed by atoms with van der Waals surface area (Å²) in [6.07, 6.45) is 5.32. The summed E-state index contributed by atoms with van der Waals surface area (Å²) in [6, 6.07) is 7.22. The average Bonchev–Trinajstić information content (AvgIpc) is 2.36. The third kappa shape index (κ3) is 3.21. The van der Waals surface area contributed by atoms with Gasteiger partial charge >= 0.3 is 11.9 Å². The van der Waals surface area contributed by atoms with Gasteiger partial charge in [0.1, 0.15) is 0 Å². The molecule has 2 aromatic rings. The number of benzene rings is 2. The molecule has 0 aliphatic rings. The highest BCUT2D eigenvalue weighted by atomic mass is 35.5. The molecule has 0 aromatic heterocycles. The molecule has 0 fully saturated rings. The van der Waals surface area contributed by atoms with Crippen LogP contribution in [0.3, 0.4) is 0 Å². The summed E-state index contributed by atoms with van der Waals surface area (Å²) < 4.78 is 0. The van der Waals surface area contributed by atoms with Crippen LogP contribution >= 0.6 is 24.8 Å². The minimum absolute atomic E-state index is 0. The molecule has 0 heterocycles. The van der Waals surface area contributed by atoms with Gasteiger partial charge in [-0.15, -0.1) is 31.2 Å². The molecule has 0 aliphatic heterocycles. The molecule has 0 saturated carbocycles. The number of halogens is 2. The molecule has 0 unspecified atom stereocenters. The van der Waals surface area contributed by atoms with Gasteiger partial charge in [0, 0.05) is 5.56 Å².